The van der Waals surface area contributed by atoms with Gasteiger partial charge in [-0.15, -0.1) is 0 Å². The van der Waals surface area contributed by atoms with Gasteiger partial charge in [-0.1, -0.05) is 6.92 Å². The van der Waals surface area contributed by atoms with Crippen LogP contribution in [0.2, 0.25) is 0 Å². The molecule has 10 heavy (non-hydrogen) atoms. The Kier molecular flexibility index (Phi) is 2.28. The molecule has 0 radical (unpaired) electrons. The van der Waals surface area contributed by atoms with Crippen molar-refractivity contribution in [2.45, 2.75) is 38.1 Å². The lowest BCUT2D eigenvalue weighted by atomic mass is 9.83. The Hall–Kier alpha value is -0.120. The van der Waals surface area contributed by atoms with Gasteiger partial charge in [0.1, 0.15) is 0 Å². The molecule has 0 aromatic rings. The van der Waals surface area contributed by atoms with Gasteiger partial charge in [0.05, 0.1) is 18.3 Å². The maximum atomic E-state index is 9.21. The molecule has 0 aliphatic heterocycles. The highest BCUT2D eigenvalue weighted by Gasteiger charge is 2.33. The molecule has 1 aliphatic rings. The molecule has 1 aliphatic carbocycles. The lowest BCUT2D eigenvalue weighted by Crippen LogP contribution is -2.43. The van der Waals surface area contributed by atoms with E-state index in [0.717, 1.165) is 0 Å². The smallest absolute Gasteiger partial charge is 0.0849 e. The van der Waals surface area contributed by atoms with Crippen LogP contribution in [0.1, 0.15) is 19.8 Å². The van der Waals surface area contributed by atoms with Gasteiger partial charge in [0, 0.05) is 5.92 Å². The van der Waals surface area contributed by atoms with Gasteiger partial charge in [0.15, 0.2) is 0 Å². The lowest BCUT2D eigenvalue weighted by Gasteiger charge is -2.33. The zero-order valence-electron chi connectivity index (χ0n) is 6.07. The fraction of sp³-hybridized carbons (Fsp3) is 1.00. The molecule has 0 bridgehead atoms. The van der Waals surface area contributed by atoms with Crippen molar-refractivity contribution in [2.24, 2.45) is 5.92 Å². The van der Waals surface area contributed by atoms with E-state index < -0.39 is 18.3 Å². The van der Waals surface area contributed by atoms with Gasteiger partial charge in [-0.05, 0) is 12.8 Å². The van der Waals surface area contributed by atoms with E-state index in [1.807, 2.05) is 0 Å². The summed E-state index contributed by atoms with van der Waals surface area (Å²) in [4.78, 5) is 0. The van der Waals surface area contributed by atoms with Crippen LogP contribution in [0, 0.1) is 5.92 Å². The third-order valence-electron chi connectivity index (χ3n) is 2.30. The molecule has 3 N–H and O–H groups in total. The van der Waals surface area contributed by atoms with Crippen molar-refractivity contribution < 1.29 is 15.3 Å². The fourth-order valence-electron chi connectivity index (χ4n) is 1.35. The van der Waals surface area contributed by atoms with Crippen LogP contribution in [-0.4, -0.2) is 33.6 Å². The first-order chi connectivity index (χ1) is 4.63. The van der Waals surface area contributed by atoms with Crippen LogP contribution >= 0.6 is 0 Å². The van der Waals surface area contributed by atoms with Crippen molar-refractivity contribution in [1.82, 2.24) is 0 Å². The van der Waals surface area contributed by atoms with Crippen molar-refractivity contribution >= 4 is 0 Å². The van der Waals surface area contributed by atoms with Crippen LogP contribution in [0.5, 0.6) is 0 Å². The van der Waals surface area contributed by atoms with Crippen molar-refractivity contribution in [3.05, 3.63) is 0 Å². The molecule has 0 aromatic carbocycles. The minimum atomic E-state index is -0.747. The molecule has 0 saturated heterocycles. The molecule has 1 rings (SSSR count). The van der Waals surface area contributed by atoms with Gasteiger partial charge in [-0.25, -0.2) is 0 Å². The summed E-state index contributed by atoms with van der Waals surface area (Å²) in [5.74, 6) is -0.191. The van der Waals surface area contributed by atoms with Gasteiger partial charge < -0.3 is 15.3 Å². The molecule has 3 heteroatoms. The molecule has 0 aromatic heterocycles. The molecule has 3 nitrogen and oxygen atoms in total. The highest BCUT2D eigenvalue weighted by molar-refractivity contribution is 4.84. The van der Waals surface area contributed by atoms with E-state index in [-0.39, 0.29) is 5.92 Å². The predicted molar refractivity (Wildman–Crippen MR) is 36.4 cm³/mol. The normalized spacial score (nSPS) is 49.2. The van der Waals surface area contributed by atoms with Crippen LogP contribution in [0.3, 0.4) is 0 Å². The van der Waals surface area contributed by atoms with Gasteiger partial charge in [0.2, 0.25) is 0 Å². The molecule has 2 unspecified atom stereocenters. The third-order valence-corrected chi connectivity index (χ3v) is 2.30. The summed E-state index contributed by atoms with van der Waals surface area (Å²) in [7, 11) is 0. The Balaban J connectivity index is 2.52. The standard InChI is InChI=1S/C7H14O3/c1-4-5(8)2-3-6(9)7(4)10/h4-10H,2-3H2,1H3/t4?,5?,6-,7-/m1/s1. The lowest BCUT2D eigenvalue weighted by molar-refractivity contribution is -0.0882. The van der Waals surface area contributed by atoms with Crippen LogP contribution in [0.15, 0.2) is 0 Å². The number of aliphatic hydroxyl groups is 3. The fourth-order valence-corrected chi connectivity index (χ4v) is 1.35. The summed E-state index contributed by atoms with van der Waals surface area (Å²) in [5.41, 5.74) is 0. The summed E-state index contributed by atoms with van der Waals surface area (Å²) >= 11 is 0. The minimum Gasteiger partial charge on any atom is -0.393 e. The topological polar surface area (TPSA) is 60.7 Å². The Morgan fingerprint density at radius 2 is 1.50 bits per heavy atom. The maximum absolute atomic E-state index is 9.21. The summed E-state index contributed by atoms with van der Waals surface area (Å²) in [6, 6.07) is 0. The van der Waals surface area contributed by atoms with Crippen LogP contribution in [-0.2, 0) is 0 Å². The molecule has 1 fully saturated rings. The van der Waals surface area contributed by atoms with Crippen LogP contribution in [0.25, 0.3) is 0 Å². The van der Waals surface area contributed by atoms with Gasteiger partial charge in [0.25, 0.3) is 0 Å². The van der Waals surface area contributed by atoms with Crippen molar-refractivity contribution in [1.29, 1.82) is 0 Å². The number of aliphatic hydroxyl groups excluding tert-OH is 3. The Morgan fingerprint density at radius 3 is 2.00 bits per heavy atom. The molecule has 4 atom stereocenters. The van der Waals surface area contributed by atoms with Gasteiger partial charge >= 0.3 is 0 Å². The average molecular weight is 146 g/mol. The molecule has 0 spiro atoms. The maximum Gasteiger partial charge on any atom is 0.0849 e. The average Bonchev–Trinajstić information content (AvgIpc) is 1.93. The molecule has 60 valence electrons. The van der Waals surface area contributed by atoms with E-state index in [0.29, 0.717) is 12.8 Å². The highest BCUT2D eigenvalue weighted by atomic mass is 16.3. The highest BCUT2D eigenvalue weighted by Crippen LogP contribution is 2.24. The van der Waals surface area contributed by atoms with E-state index in [9.17, 15) is 10.2 Å². The summed E-state index contributed by atoms with van der Waals surface area (Å²) < 4.78 is 0. The largest absolute Gasteiger partial charge is 0.393 e. The molecular weight excluding hydrogens is 132 g/mol. The van der Waals surface area contributed by atoms with Gasteiger partial charge in [-0.2, -0.15) is 0 Å². The SMILES string of the molecule is CC1C(O)CC[C@@H](O)[C@@H]1O. The molecule has 1 saturated carbocycles. The van der Waals surface area contributed by atoms with E-state index in [2.05, 4.69) is 0 Å². The summed E-state index contributed by atoms with van der Waals surface area (Å²) in [6.45, 7) is 1.75. The first kappa shape index (κ1) is 7.98. The first-order valence-electron chi connectivity index (χ1n) is 3.67. The second-order valence-electron chi connectivity index (χ2n) is 3.06. The van der Waals surface area contributed by atoms with E-state index in [1.54, 1.807) is 6.92 Å². The minimum absolute atomic E-state index is 0.191. The Labute approximate surface area is 60.3 Å². The molecule has 0 amide bonds. The Bertz CT molecular complexity index is 101. The van der Waals surface area contributed by atoms with Crippen molar-refractivity contribution in [2.75, 3.05) is 0 Å². The number of hydrogen-bond acceptors (Lipinski definition) is 3. The van der Waals surface area contributed by atoms with E-state index in [4.69, 9.17) is 5.11 Å². The zero-order chi connectivity index (χ0) is 7.72. The number of rotatable bonds is 0. The van der Waals surface area contributed by atoms with Crippen LogP contribution < -0.4 is 0 Å². The third kappa shape index (κ3) is 1.31. The second kappa shape index (κ2) is 2.86. The van der Waals surface area contributed by atoms with E-state index >= 15 is 0 Å². The van der Waals surface area contributed by atoms with Crippen molar-refractivity contribution in [3.63, 3.8) is 0 Å². The second-order valence-corrected chi connectivity index (χ2v) is 3.06. The molecule has 0 heterocycles. The predicted octanol–water partition coefficient (Wildman–Crippen LogP) is -0.501. The number of hydrogen-bond donors (Lipinski definition) is 3. The van der Waals surface area contributed by atoms with Crippen molar-refractivity contribution in [3.8, 4) is 0 Å². The monoisotopic (exact) mass is 146 g/mol. The quantitative estimate of drug-likeness (QED) is 0.431. The van der Waals surface area contributed by atoms with Crippen LogP contribution in [0.4, 0.5) is 0 Å². The summed E-state index contributed by atoms with van der Waals surface area (Å²) in [5, 5.41) is 27.5. The van der Waals surface area contributed by atoms with Gasteiger partial charge in [-0.3, -0.25) is 0 Å². The Morgan fingerprint density at radius 1 is 1.00 bits per heavy atom. The van der Waals surface area contributed by atoms with E-state index in [1.165, 1.54) is 0 Å². The summed E-state index contributed by atoms with van der Waals surface area (Å²) in [6.07, 6.45) is -0.730. The zero-order valence-corrected chi connectivity index (χ0v) is 6.07. The molecular formula is C7H14O3. The first-order valence-corrected chi connectivity index (χ1v) is 3.67.